The Kier molecular flexibility index (Phi) is 3.83. The standard InChI is InChI=1S/C16H19N5/c1-2-20-12-13(11-18-20)10-15(17)16-8-9-21(19-16)14-6-4-3-5-7-14/h3-9,11-12,15H,2,10,17H2,1H3. The van der Waals surface area contributed by atoms with E-state index in [9.17, 15) is 0 Å². The van der Waals surface area contributed by atoms with Crippen molar-refractivity contribution >= 4 is 0 Å². The zero-order chi connectivity index (χ0) is 14.7. The molecular formula is C16H19N5. The first-order valence-corrected chi connectivity index (χ1v) is 7.14. The Morgan fingerprint density at radius 3 is 2.71 bits per heavy atom. The molecule has 1 unspecified atom stereocenters. The first kappa shape index (κ1) is 13.6. The third-order valence-electron chi connectivity index (χ3n) is 3.48. The summed E-state index contributed by atoms with van der Waals surface area (Å²) in [6.07, 6.45) is 6.59. The summed E-state index contributed by atoms with van der Waals surface area (Å²) in [5.74, 6) is 0. The van der Waals surface area contributed by atoms with Crippen molar-refractivity contribution in [2.45, 2.75) is 25.9 Å². The van der Waals surface area contributed by atoms with Crippen LogP contribution in [-0.2, 0) is 13.0 Å². The Balaban J connectivity index is 1.73. The van der Waals surface area contributed by atoms with E-state index in [4.69, 9.17) is 5.73 Å². The molecule has 0 bridgehead atoms. The molecule has 21 heavy (non-hydrogen) atoms. The van der Waals surface area contributed by atoms with Gasteiger partial charge in [0.05, 0.1) is 23.6 Å². The van der Waals surface area contributed by atoms with Crippen molar-refractivity contribution < 1.29 is 0 Å². The Labute approximate surface area is 124 Å². The molecule has 2 N–H and O–H groups in total. The van der Waals surface area contributed by atoms with E-state index in [0.29, 0.717) is 0 Å². The van der Waals surface area contributed by atoms with Gasteiger partial charge in [-0.3, -0.25) is 4.68 Å². The quantitative estimate of drug-likeness (QED) is 0.780. The number of para-hydroxylation sites is 1. The van der Waals surface area contributed by atoms with Crippen LogP contribution in [0.15, 0.2) is 55.0 Å². The molecule has 1 aromatic carbocycles. The summed E-state index contributed by atoms with van der Waals surface area (Å²) in [4.78, 5) is 0. The SMILES string of the molecule is CCn1cc(CC(N)c2ccn(-c3ccccc3)n2)cn1. The lowest BCUT2D eigenvalue weighted by molar-refractivity contribution is 0.654. The highest BCUT2D eigenvalue weighted by molar-refractivity contribution is 5.30. The van der Waals surface area contributed by atoms with Gasteiger partial charge in [-0.25, -0.2) is 4.68 Å². The van der Waals surface area contributed by atoms with Crippen LogP contribution in [0.4, 0.5) is 0 Å². The van der Waals surface area contributed by atoms with Crippen molar-refractivity contribution in [3.63, 3.8) is 0 Å². The van der Waals surface area contributed by atoms with E-state index >= 15 is 0 Å². The minimum atomic E-state index is -0.121. The van der Waals surface area contributed by atoms with Crippen molar-refractivity contribution in [1.82, 2.24) is 19.6 Å². The molecule has 0 amide bonds. The molecule has 2 aromatic heterocycles. The molecule has 5 nitrogen and oxygen atoms in total. The maximum Gasteiger partial charge on any atom is 0.0799 e. The van der Waals surface area contributed by atoms with Gasteiger partial charge in [0, 0.05) is 18.9 Å². The predicted molar refractivity (Wildman–Crippen MR) is 82.1 cm³/mol. The van der Waals surface area contributed by atoms with Crippen LogP contribution in [0.3, 0.4) is 0 Å². The van der Waals surface area contributed by atoms with E-state index in [0.717, 1.165) is 29.9 Å². The number of aromatic nitrogens is 4. The van der Waals surface area contributed by atoms with E-state index in [1.807, 2.05) is 64.4 Å². The number of rotatable bonds is 5. The fourth-order valence-corrected chi connectivity index (χ4v) is 2.30. The van der Waals surface area contributed by atoms with Gasteiger partial charge in [-0.15, -0.1) is 0 Å². The molecule has 0 saturated heterocycles. The average molecular weight is 281 g/mol. The molecule has 2 heterocycles. The topological polar surface area (TPSA) is 61.7 Å². The van der Waals surface area contributed by atoms with Crippen molar-refractivity contribution in [2.24, 2.45) is 5.73 Å². The Hall–Kier alpha value is -2.40. The van der Waals surface area contributed by atoms with Crippen LogP contribution in [0.2, 0.25) is 0 Å². The van der Waals surface area contributed by atoms with Gasteiger partial charge in [-0.1, -0.05) is 18.2 Å². The van der Waals surface area contributed by atoms with Crippen molar-refractivity contribution in [3.8, 4) is 5.69 Å². The lowest BCUT2D eigenvalue weighted by atomic mass is 10.1. The van der Waals surface area contributed by atoms with Gasteiger partial charge in [-0.05, 0) is 37.1 Å². The summed E-state index contributed by atoms with van der Waals surface area (Å²) in [6.45, 7) is 2.94. The molecular weight excluding hydrogens is 262 g/mol. The van der Waals surface area contributed by atoms with Gasteiger partial charge in [0.1, 0.15) is 0 Å². The molecule has 0 fully saturated rings. The fraction of sp³-hybridized carbons (Fsp3) is 0.250. The number of benzene rings is 1. The number of nitrogens with two attached hydrogens (primary N) is 1. The van der Waals surface area contributed by atoms with E-state index in [2.05, 4.69) is 17.1 Å². The van der Waals surface area contributed by atoms with E-state index in [-0.39, 0.29) is 6.04 Å². The van der Waals surface area contributed by atoms with Crippen LogP contribution in [0.5, 0.6) is 0 Å². The molecule has 0 spiro atoms. The number of hydrogen-bond donors (Lipinski definition) is 1. The summed E-state index contributed by atoms with van der Waals surface area (Å²) in [7, 11) is 0. The Morgan fingerprint density at radius 1 is 1.19 bits per heavy atom. The average Bonchev–Trinajstić information content (AvgIpc) is 3.17. The van der Waals surface area contributed by atoms with Crippen LogP contribution in [-0.4, -0.2) is 19.6 Å². The molecule has 0 radical (unpaired) electrons. The largest absolute Gasteiger partial charge is 0.322 e. The molecule has 3 rings (SSSR count). The van der Waals surface area contributed by atoms with Gasteiger partial charge in [-0.2, -0.15) is 10.2 Å². The Bertz CT molecular complexity index is 698. The first-order chi connectivity index (χ1) is 10.3. The zero-order valence-electron chi connectivity index (χ0n) is 12.1. The van der Waals surface area contributed by atoms with Crippen LogP contribution in [0, 0.1) is 0 Å². The molecule has 1 atom stereocenters. The van der Waals surface area contributed by atoms with Gasteiger partial charge in [0.15, 0.2) is 0 Å². The van der Waals surface area contributed by atoms with Gasteiger partial charge < -0.3 is 5.73 Å². The summed E-state index contributed by atoms with van der Waals surface area (Å²) in [5.41, 5.74) is 9.32. The first-order valence-electron chi connectivity index (χ1n) is 7.14. The molecule has 0 aliphatic carbocycles. The van der Waals surface area contributed by atoms with Gasteiger partial charge in [0.25, 0.3) is 0 Å². The summed E-state index contributed by atoms with van der Waals surface area (Å²) in [6, 6.07) is 11.9. The summed E-state index contributed by atoms with van der Waals surface area (Å²) in [5, 5.41) is 8.84. The predicted octanol–water partition coefficient (Wildman–Crippen LogP) is 2.33. The lowest BCUT2D eigenvalue weighted by Gasteiger charge is -2.07. The molecule has 0 saturated carbocycles. The smallest absolute Gasteiger partial charge is 0.0799 e. The highest BCUT2D eigenvalue weighted by atomic mass is 15.3. The maximum atomic E-state index is 6.26. The van der Waals surface area contributed by atoms with Crippen LogP contribution >= 0.6 is 0 Å². The molecule has 108 valence electrons. The molecule has 3 aromatic rings. The highest BCUT2D eigenvalue weighted by Crippen LogP contribution is 2.15. The van der Waals surface area contributed by atoms with Gasteiger partial charge in [0.2, 0.25) is 0 Å². The van der Waals surface area contributed by atoms with Crippen molar-refractivity contribution in [3.05, 3.63) is 66.2 Å². The second kappa shape index (κ2) is 5.93. The van der Waals surface area contributed by atoms with Crippen LogP contribution in [0.25, 0.3) is 5.69 Å². The van der Waals surface area contributed by atoms with E-state index < -0.39 is 0 Å². The minimum absolute atomic E-state index is 0.121. The monoisotopic (exact) mass is 281 g/mol. The number of nitrogens with zero attached hydrogens (tertiary/aromatic N) is 4. The van der Waals surface area contributed by atoms with Crippen molar-refractivity contribution in [2.75, 3.05) is 0 Å². The fourth-order valence-electron chi connectivity index (χ4n) is 2.30. The normalized spacial score (nSPS) is 12.5. The third kappa shape index (κ3) is 3.03. The molecule has 0 aliphatic rings. The highest BCUT2D eigenvalue weighted by Gasteiger charge is 2.12. The van der Waals surface area contributed by atoms with Crippen molar-refractivity contribution in [1.29, 1.82) is 0 Å². The molecule has 0 aliphatic heterocycles. The van der Waals surface area contributed by atoms with Gasteiger partial charge >= 0.3 is 0 Å². The van der Waals surface area contributed by atoms with Crippen LogP contribution < -0.4 is 5.73 Å². The second-order valence-electron chi connectivity index (χ2n) is 5.04. The number of hydrogen-bond acceptors (Lipinski definition) is 3. The number of aryl methyl sites for hydroxylation is 1. The van der Waals surface area contributed by atoms with E-state index in [1.54, 1.807) is 0 Å². The molecule has 5 heteroatoms. The second-order valence-corrected chi connectivity index (χ2v) is 5.04. The van der Waals surface area contributed by atoms with E-state index in [1.165, 1.54) is 0 Å². The Morgan fingerprint density at radius 2 is 2.00 bits per heavy atom. The zero-order valence-corrected chi connectivity index (χ0v) is 12.1. The minimum Gasteiger partial charge on any atom is -0.322 e. The maximum absolute atomic E-state index is 6.26. The summed E-state index contributed by atoms with van der Waals surface area (Å²) >= 11 is 0. The lowest BCUT2D eigenvalue weighted by Crippen LogP contribution is -2.14. The summed E-state index contributed by atoms with van der Waals surface area (Å²) < 4.78 is 3.76. The van der Waals surface area contributed by atoms with Crippen LogP contribution in [0.1, 0.15) is 24.2 Å². The third-order valence-corrected chi connectivity index (χ3v) is 3.48.